The lowest BCUT2D eigenvalue weighted by atomic mass is 10.1. The first kappa shape index (κ1) is 13.4. The zero-order valence-electron chi connectivity index (χ0n) is 9.22. The number of rotatable bonds is 9. The zero-order chi connectivity index (χ0) is 10.6. The van der Waals surface area contributed by atoms with Crippen molar-refractivity contribution < 1.29 is 9.90 Å². The van der Waals surface area contributed by atoms with Crippen LogP contribution in [0.1, 0.15) is 58.3 Å². The molecule has 0 fully saturated rings. The number of aliphatic hydroxyl groups excluding tert-OH is 1. The highest BCUT2D eigenvalue weighted by atomic mass is 16.3. The molecule has 0 radical (unpaired) electrons. The molecule has 1 amide bonds. The standard InChI is InChI=1S/C11H23NO2/c1-2-3-4-5-6-7-8-9-11(14)12-10-13/h13H,2-10H2,1H3,(H,12,14). The highest BCUT2D eigenvalue weighted by Gasteiger charge is 1.98. The molecule has 0 bridgehead atoms. The Morgan fingerprint density at radius 1 is 1.07 bits per heavy atom. The molecule has 0 aliphatic heterocycles. The SMILES string of the molecule is CCCCCCCCCC(=O)NCO. The Bertz CT molecular complexity index is 137. The number of carbonyl (C=O) groups excluding carboxylic acids is 1. The van der Waals surface area contributed by atoms with Gasteiger partial charge in [0.15, 0.2) is 0 Å². The summed E-state index contributed by atoms with van der Waals surface area (Å²) >= 11 is 0. The molecule has 0 saturated carbocycles. The molecule has 0 aromatic heterocycles. The van der Waals surface area contributed by atoms with Gasteiger partial charge in [-0.25, -0.2) is 0 Å². The van der Waals surface area contributed by atoms with Crippen LogP contribution in [0.4, 0.5) is 0 Å². The van der Waals surface area contributed by atoms with Crippen LogP contribution in [0.25, 0.3) is 0 Å². The summed E-state index contributed by atoms with van der Waals surface area (Å²) in [6.07, 6.45) is 9.06. The van der Waals surface area contributed by atoms with E-state index < -0.39 is 0 Å². The molecule has 14 heavy (non-hydrogen) atoms. The van der Waals surface area contributed by atoms with Crippen molar-refractivity contribution in [3.05, 3.63) is 0 Å². The number of nitrogens with one attached hydrogen (secondary N) is 1. The Morgan fingerprint density at radius 2 is 1.64 bits per heavy atom. The zero-order valence-corrected chi connectivity index (χ0v) is 9.22. The van der Waals surface area contributed by atoms with Gasteiger partial charge in [-0.2, -0.15) is 0 Å². The lowest BCUT2D eigenvalue weighted by Crippen LogP contribution is -2.23. The molecule has 0 aromatic carbocycles. The van der Waals surface area contributed by atoms with Gasteiger partial charge in [-0.1, -0.05) is 45.4 Å². The summed E-state index contributed by atoms with van der Waals surface area (Å²) in [6, 6.07) is 0. The van der Waals surface area contributed by atoms with Gasteiger partial charge >= 0.3 is 0 Å². The van der Waals surface area contributed by atoms with Crippen molar-refractivity contribution in [1.29, 1.82) is 0 Å². The Hall–Kier alpha value is -0.570. The quantitative estimate of drug-likeness (QED) is 0.444. The van der Waals surface area contributed by atoms with E-state index in [1.165, 1.54) is 32.1 Å². The van der Waals surface area contributed by atoms with Gasteiger partial charge in [0.05, 0.1) is 0 Å². The fraction of sp³-hybridized carbons (Fsp3) is 0.909. The van der Waals surface area contributed by atoms with E-state index >= 15 is 0 Å². The molecule has 0 rings (SSSR count). The van der Waals surface area contributed by atoms with Crippen molar-refractivity contribution in [2.24, 2.45) is 0 Å². The predicted molar refractivity (Wildman–Crippen MR) is 57.8 cm³/mol. The van der Waals surface area contributed by atoms with Crippen molar-refractivity contribution in [2.75, 3.05) is 6.73 Å². The molecule has 2 N–H and O–H groups in total. The molecule has 0 saturated heterocycles. The van der Waals surface area contributed by atoms with Crippen molar-refractivity contribution in [2.45, 2.75) is 58.3 Å². The summed E-state index contributed by atoms with van der Waals surface area (Å²) in [6.45, 7) is 1.97. The lowest BCUT2D eigenvalue weighted by molar-refractivity contribution is -0.122. The van der Waals surface area contributed by atoms with Gasteiger partial charge in [0.2, 0.25) is 5.91 Å². The van der Waals surface area contributed by atoms with Crippen LogP contribution in [0.5, 0.6) is 0 Å². The largest absolute Gasteiger partial charge is 0.377 e. The Balaban J connectivity index is 3.01. The molecule has 0 spiro atoms. The fourth-order valence-corrected chi connectivity index (χ4v) is 1.42. The molecule has 3 nitrogen and oxygen atoms in total. The minimum Gasteiger partial charge on any atom is -0.377 e. The van der Waals surface area contributed by atoms with Crippen LogP contribution in [0, 0.1) is 0 Å². The topological polar surface area (TPSA) is 49.3 Å². The van der Waals surface area contributed by atoms with E-state index in [9.17, 15) is 4.79 Å². The van der Waals surface area contributed by atoms with Crippen LogP contribution in [0.3, 0.4) is 0 Å². The number of aliphatic hydroxyl groups is 1. The first-order valence-corrected chi connectivity index (χ1v) is 5.68. The Morgan fingerprint density at radius 3 is 2.21 bits per heavy atom. The molecule has 0 aliphatic rings. The van der Waals surface area contributed by atoms with Crippen LogP contribution >= 0.6 is 0 Å². The molecule has 0 aliphatic carbocycles. The van der Waals surface area contributed by atoms with E-state index in [0.717, 1.165) is 12.8 Å². The third-order valence-electron chi connectivity index (χ3n) is 2.28. The second kappa shape index (κ2) is 10.5. The van der Waals surface area contributed by atoms with E-state index in [-0.39, 0.29) is 12.6 Å². The molecule has 84 valence electrons. The molecule has 0 aromatic rings. The van der Waals surface area contributed by atoms with Gasteiger partial charge in [0, 0.05) is 6.42 Å². The maximum absolute atomic E-state index is 10.9. The smallest absolute Gasteiger partial charge is 0.221 e. The van der Waals surface area contributed by atoms with Crippen LogP contribution < -0.4 is 5.32 Å². The first-order valence-electron chi connectivity index (χ1n) is 5.68. The molecule has 0 heterocycles. The van der Waals surface area contributed by atoms with Gasteiger partial charge in [0.1, 0.15) is 6.73 Å². The Labute approximate surface area is 86.9 Å². The summed E-state index contributed by atoms with van der Waals surface area (Å²) in [5, 5.41) is 10.8. The first-order chi connectivity index (χ1) is 6.81. The second-order valence-electron chi connectivity index (χ2n) is 3.63. The molecule has 0 unspecified atom stereocenters. The van der Waals surface area contributed by atoms with E-state index in [4.69, 9.17) is 5.11 Å². The Kier molecular flexibility index (Phi) is 10.1. The molecule has 3 heteroatoms. The maximum atomic E-state index is 10.9. The normalized spacial score (nSPS) is 10.1. The van der Waals surface area contributed by atoms with Gasteiger partial charge in [-0.15, -0.1) is 0 Å². The number of carbonyl (C=O) groups is 1. The average molecular weight is 201 g/mol. The monoisotopic (exact) mass is 201 g/mol. The summed E-state index contributed by atoms with van der Waals surface area (Å²) in [5.41, 5.74) is 0. The number of hydrogen-bond donors (Lipinski definition) is 2. The minimum absolute atomic E-state index is 0.0407. The minimum atomic E-state index is -0.241. The van der Waals surface area contributed by atoms with E-state index in [2.05, 4.69) is 12.2 Å². The van der Waals surface area contributed by atoms with Gasteiger partial charge < -0.3 is 10.4 Å². The van der Waals surface area contributed by atoms with Gasteiger partial charge in [0.25, 0.3) is 0 Å². The number of amides is 1. The molecule has 0 atom stereocenters. The van der Waals surface area contributed by atoms with Crippen LogP contribution in [-0.4, -0.2) is 17.7 Å². The number of hydrogen-bond acceptors (Lipinski definition) is 2. The van der Waals surface area contributed by atoms with E-state index in [1.54, 1.807) is 0 Å². The van der Waals surface area contributed by atoms with Crippen molar-refractivity contribution in [3.63, 3.8) is 0 Å². The van der Waals surface area contributed by atoms with Crippen LogP contribution in [0.2, 0.25) is 0 Å². The molecular formula is C11H23NO2. The summed E-state index contributed by atoms with van der Waals surface area (Å²) < 4.78 is 0. The second-order valence-corrected chi connectivity index (χ2v) is 3.63. The van der Waals surface area contributed by atoms with Crippen LogP contribution in [-0.2, 0) is 4.79 Å². The summed E-state index contributed by atoms with van der Waals surface area (Å²) in [4.78, 5) is 10.9. The maximum Gasteiger partial charge on any atom is 0.221 e. The predicted octanol–water partition coefficient (Wildman–Crippen LogP) is 2.19. The summed E-state index contributed by atoms with van der Waals surface area (Å²) in [7, 11) is 0. The van der Waals surface area contributed by atoms with Gasteiger partial charge in [-0.05, 0) is 6.42 Å². The highest BCUT2D eigenvalue weighted by molar-refractivity contribution is 5.75. The summed E-state index contributed by atoms with van der Waals surface area (Å²) in [5.74, 6) is -0.0407. The third-order valence-corrected chi connectivity index (χ3v) is 2.28. The molecular weight excluding hydrogens is 178 g/mol. The number of unbranched alkanes of at least 4 members (excludes halogenated alkanes) is 6. The highest BCUT2D eigenvalue weighted by Crippen LogP contribution is 2.07. The van der Waals surface area contributed by atoms with Gasteiger partial charge in [-0.3, -0.25) is 4.79 Å². The van der Waals surface area contributed by atoms with Crippen molar-refractivity contribution >= 4 is 5.91 Å². The average Bonchev–Trinajstić information content (AvgIpc) is 2.17. The van der Waals surface area contributed by atoms with Crippen LogP contribution in [0.15, 0.2) is 0 Å². The van der Waals surface area contributed by atoms with E-state index in [1.807, 2.05) is 0 Å². The third kappa shape index (κ3) is 9.52. The van der Waals surface area contributed by atoms with Crippen molar-refractivity contribution in [3.8, 4) is 0 Å². The fourth-order valence-electron chi connectivity index (χ4n) is 1.42. The van der Waals surface area contributed by atoms with Crippen molar-refractivity contribution in [1.82, 2.24) is 5.32 Å². The van der Waals surface area contributed by atoms with E-state index in [0.29, 0.717) is 6.42 Å². The lowest BCUT2D eigenvalue weighted by Gasteiger charge is -2.01.